The van der Waals surface area contributed by atoms with Crippen molar-refractivity contribution in [3.63, 3.8) is 0 Å². The Bertz CT molecular complexity index is 2260. The minimum absolute atomic E-state index is 1.13. The van der Waals surface area contributed by atoms with Crippen LogP contribution in [-0.4, -0.2) is 4.98 Å². The van der Waals surface area contributed by atoms with Crippen LogP contribution in [0.1, 0.15) is 0 Å². The van der Waals surface area contributed by atoms with Gasteiger partial charge in [0.05, 0.1) is 5.52 Å². The summed E-state index contributed by atoms with van der Waals surface area (Å²) in [4.78, 5) is 5.19. The van der Waals surface area contributed by atoms with Crippen LogP contribution in [0.3, 0.4) is 0 Å². The first-order valence-electron chi connectivity index (χ1n) is 11.9. The van der Waals surface area contributed by atoms with Gasteiger partial charge in [-0.2, -0.15) is 0 Å². The fraction of sp³-hybridized carbons (Fsp3) is 0. The van der Waals surface area contributed by atoms with Gasteiger partial charge in [0.15, 0.2) is 0 Å². The number of pyridine rings is 1. The molecule has 0 N–H and O–H groups in total. The Hall–Kier alpha value is -4.49. The van der Waals surface area contributed by atoms with Crippen LogP contribution >= 0.6 is 0 Å². The summed E-state index contributed by atoms with van der Waals surface area (Å²) in [5, 5.41) is 22.7. The summed E-state index contributed by atoms with van der Waals surface area (Å²) in [5.74, 6) is 0. The zero-order valence-corrected chi connectivity index (χ0v) is 18.1. The van der Waals surface area contributed by atoms with E-state index in [9.17, 15) is 0 Å². The van der Waals surface area contributed by atoms with E-state index in [2.05, 4.69) is 91.1 Å². The molecular weight excluding hydrogens is 410 g/mol. The number of aromatic nitrogens is 1. The monoisotopic (exact) mass is 425 g/mol. The standard InChI is InChI=1S/C33H15N/c1-3-16-7-9-18-11-13-21-22-14-12-19-10-8-17-4-2-6-23-26(17)28(19)30(22)32-31-24(15-34-33(23)32)20(5-1)25(16)27(18)29(21)31/h1-15H. The van der Waals surface area contributed by atoms with Crippen LogP contribution in [0.25, 0.3) is 97.1 Å². The van der Waals surface area contributed by atoms with Crippen molar-refractivity contribution in [3.05, 3.63) is 91.1 Å². The second-order valence-corrected chi connectivity index (χ2v) is 9.88. The second kappa shape index (κ2) is 5.03. The topological polar surface area (TPSA) is 12.9 Å². The largest absolute Gasteiger partial charge is 0.255 e. The van der Waals surface area contributed by atoms with E-state index >= 15 is 0 Å². The van der Waals surface area contributed by atoms with Crippen LogP contribution in [0.15, 0.2) is 91.1 Å². The number of benzene rings is 9. The Morgan fingerprint density at radius 3 is 1.47 bits per heavy atom. The summed E-state index contributed by atoms with van der Waals surface area (Å²) in [6, 6.07) is 31.8. The maximum atomic E-state index is 5.19. The minimum atomic E-state index is 1.13. The molecule has 34 heavy (non-hydrogen) atoms. The molecule has 0 aliphatic rings. The molecule has 0 saturated heterocycles. The van der Waals surface area contributed by atoms with E-state index in [0.717, 1.165) is 5.52 Å². The molecule has 1 aromatic heterocycles. The van der Waals surface area contributed by atoms with Gasteiger partial charge in [-0.1, -0.05) is 84.9 Å². The van der Waals surface area contributed by atoms with Crippen LogP contribution in [-0.2, 0) is 0 Å². The van der Waals surface area contributed by atoms with Crippen molar-refractivity contribution in [2.24, 2.45) is 0 Å². The molecule has 10 rings (SSSR count). The lowest BCUT2D eigenvalue weighted by molar-refractivity contribution is 1.47. The van der Waals surface area contributed by atoms with Crippen molar-refractivity contribution in [2.75, 3.05) is 0 Å². The molecule has 0 fully saturated rings. The highest BCUT2D eigenvalue weighted by Crippen LogP contribution is 2.52. The first-order chi connectivity index (χ1) is 16.9. The maximum Gasteiger partial charge on any atom is 0.0793 e. The van der Waals surface area contributed by atoms with Crippen molar-refractivity contribution in [1.82, 2.24) is 4.98 Å². The summed E-state index contributed by atoms with van der Waals surface area (Å²) in [6.07, 6.45) is 2.14. The molecule has 152 valence electrons. The predicted octanol–water partition coefficient (Wildman–Crippen LogP) is 9.21. The minimum Gasteiger partial charge on any atom is -0.255 e. The Kier molecular flexibility index (Phi) is 2.39. The van der Waals surface area contributed by atoms with Crippen molar-refractivity contribution < 1.29 is 0 Å². The molecule has 9 aromatic carbocycles. The van der Waals surface area contributed by atoms with Gasteiger partial charge in [0, 0.05) is 33.1 Å². The number of nitrogens with zero attached hydrogens (tertiary/aromatic N) is 1. The fourth-order valence-electron chi connectivity index (χ4n) is 7.20. The molecular formula is C33H15N. The Labute approximate surface area is 193 Å². The van der Waals surface area contributed by atoms with Gasteiger partial charge >= 0.3 is 0 Å². The third-order valence-corrected chi connectivity index (χ3v) is 8.47. The SMILES string of the molecule is c1cc2ccc3ccc4c5ccc6ccc7cccc8c9ncc%10c(c1)c2c3c4c%10c9c5c6c78. The lowest BCUT2D eigenvalue weighted by atomic mass is 9.80. The molecule has 0 aliphatic heterocycles. The van der Waals surface area contributed by atoms with Gasteiger partial charge in [-0.3, -0.25) is 4.98 Å². The third-order valence-electron chi connectivity index (χ3n) is 8.47. The summed E-state index contributed by atoms with van der Waals surface area (Å²) < 4.78 is 0. The van der Waals surface area contributed by atoms with Crippen LogP contribution in [0.4, 0.5) is 0 Å². The lowest BCUT2D eigenvalue weighted by Gasteiger charge is -2.23. The number of rotatable bonds is 0. The molecule has 0 aliphatic carbocycles. The van der Waals surface area contributed by atoms with Crippen molar-refractivity contribution in [3.8, 4) is 0 Å². The summed E-state index contributed by atoms with van der Waals surface area (Å²) in [5.41, 5.74) is 1.13. The highest BCUT2D eigenvalue weighted by Gasteiger charge is 2.24. The first-order valence-corrected chi connectivity index (χ1v) is 11.9. The van der Waals surface area contributed by atoms with Gasteiger partial charge in [-0.15, -0.1) is 0 Å². The molecule has 0 unspecified atom stereocenters. The number of hydrogen-bond donors (Lipinski definition) is 0. The van der Waals surface area contributed by atoms with E-state index < -0.39 is 0 Å². The zero-order valence-electron chi connectivity index (χ0n) is 18.1. The van der Waals surface area contributed by atoms with E-state index in [1.54, 1.807) is 0 Å². The highest BCUT2D eigenvalue weighted by atomic mass is 14.7. The number of fused-ring (bicyclic) bond motifs is 3. The van der Waals surface area contributed by atoms with Gasteiger partial charge in [0.2, 0.25) is 0 Å². The molecule has 10 aromatic rings. The lowest BCUT2D eigenvalue weighted by Crippen LogP contribution is -1.96. The molecule has 0 spiro atoms. The van der Waals surface area contributed by atoms with Crippen LogP contribution in [0.2, 0.25) is 0 Å². The van der Waals surface area contributed by atoms with Gasteiger partial charge in [0.1, 0.15) is 0 Å². The molecule has 1 heterocycles. The van der Waals surface area contributed by atoms with Gasteiger partial charge in [-0.05, 0) is 64.6 Å². The average molecular weight is 425 g/mol. The fourth-order valence-corrected chi connectivity index (χ4v) is 7.20. The van der Waals surface area contributed by atoms with Crippen molar-refractivity contribution >= 4 is 97.1 Å². The van der Waals surface area contributed by atoms with E-state index in [0.29, 0.717) is 0 Å². The van der Waals surface area contributed by atoms with Gasteiger partial charge < -0.3 is 0 Å². The summed E-state index contributed by atoms with van der Waals surface area (Å²) >= 11 is 0. The quantitative estimate of drug-likeness (QED) is 0.174. The normalized spacial score (nSPS) is 13.3. The predicted molar refractivity (Wildman–Crippen MR) is 147 cm³/mol. The van der Waals surface area contributed by atoms with Crippen molar-refractivity contribution in [1.29, 1.82) is 0 Å². The van der Waals surface area contributed by atoms with Crippen LogP contribution in [0.5, 0.6) is 0 Å². The maximum absolute atomic E-state index is 5.19. The first kappa shape index (κ1) is 16.2. The smallest absolute Gasteiger partial charge is 0.0793 e. The third kappa shape index (κ3) is 1.53. The molecule has 0 atom stereocenters. The van der Waals surface area contributed by atoms with E-state index in [1.807, 2.05) is 0 Å². The molecule has 0 bridgehead atoms. The summed E-state index contributed by atoms with van der Waals surface area (Å²) in [7, 11) is 0. The Balaban J connectivity index is 1.73. The summed E-state index contributed by atoms with van der Waals surface area (Å²) in [6.45, 7) is 0. The van der Waals surface area contributed by atoms with Crippen LogP contribution in [0, 0.1) is 0 Å². The molecule has 1 nitrogen and oxygen atoms in total. The Morgan fingerprint density at radius 2 is 0.794 bits per heavy atom. The highest BCUT2D eigenvalue weighted by molar-refractivity contribution is 6.50. The molecule has 0 radical (unpaired) electrons. The zero-order chi connectivity index (χ0) is 21.7. The van der Waals surface area contributed by atoms with Gasteiger partial charge in [0.25, 0.3) is 0 Å². The van der Waals surface area contributed by atoms with E-state index in [4.69, 9.17) is 4.98 Å². The second-order valence-electron chi connectivity index (χ2n) is 9.88. The number of hydrogen-bond acceptors (Lipinski definition) is 1. The van der Waals surface area contributed by atoms with Crippen molar-refractivity contribution in [2.45, 2.75) is 0 Å². The molecule has 0 saturated carbocycles. The van der Waals surface area contributed by atoms with Gasteiger partial charge in [-0.25, -0.2) is 0 Å². The van der Waals surface area contributed by atoms with E-state index in [1.165, 1.54) is 91.6 Å². The average Bonchev–Trinajstić information content (AvgIpc) is 2.90. The van der Waals surface area contributed by atoms with E-state index in [-0.39, 0.29) is 0 Å². The van der Waals surface area contributed by atoms with Crippen LogP contribution < -0.4 is 0 Å². The molecule has 1 heteroatoms. The Morgan fingerprint density at radius 1 is 0.324 bits per heavy atom. The molecule has 0 amide bonds.